The molecule has 0 amide bonds. The molecular weight excluding hydrogens is 456 g/mol. The van der Waals surface area contributed by atoms with Gasteiger partial charge in [-0.15, -0.1) is 0 Å². The third kappa shape index (κ3) is 5.09. The zero-order valence-corrected chi connectivity index (χ0v) is 18.5. The summed E-state index contributed by atoms with van der Waals surface area (Å²) in [7, 11) is -3.99. The zero-order chi connectivity index (χ0) is 23.6. The largest absolute Gasteiger partial charge is 0.455 e. The number of sulfonamides is 1. The SMILES string of the molecule is Cc1ccc(-c2noc(COC(=O)C3CCN(S(=O)(=O)c4ccc(F)c(F)c4)CC3)n2)cc1. The highest BCUT2D eigenvalue weighted by atomic mass is 32.2. The minimum absolute atomic E-state index is 0.0548. The van der Waals surface area contributed by atoms with Gasteiger partial charge in [-0.05, 0) is 38.0 Å². The monoisotopic (exact) mass is 477 g/mol. The van der Waals surface area contributed by atoms with Gasteiger partial charge in [-0.2, -0.15) is 9.29 Å². The maximum Gasteiger partial charge on any atom is 0.309 e. The van der Waals surface area contributed by atoms with Crippen molar-refractivity contribution in [1.82, 2.24) is 14.4 Å². The molecule has 0 unspecified atom stereocenters. The predicted octanol–water partition coefficient (Wildman–Crippen LogP) is 3.47. The Balaban J connectivity index is 1.31. The lowest BCUT2D eigenvalue weighted by Crippen LogP contribution is -2.40. The summed E-state index contributed by atoms with van der Waals surface area (Å²) in [5, 5.41) is 3.88. The van der Waals surface area contributed by atoms with Crippen LogP contribution >= 0.6 is 0 Å². The summed E-state index contributed by atoms with van der Waals surface area (Å²) in [4.78, 5) is 16.3. The summed E-state index contributed by atoms with van der Waals surface area (Å²) < 4.78 is 63.5. The molecule has 3 aromatic rings. The molecule has 0 radical (unpaired) electrons. The fourth-order valence-electron chi connectivity index (χ4n) is 3.50. The molecule has 0 N–H and O–H groups in total. The van der Waals surface area contributed by atoms with E-state index in [-0.39, 0.29) is 43.3 Å². The van der Waals surface area contributed by atoms with Crippen molar-refractivity contribution in [2.75, 3.05) is 13.1 Å². The Kier molecular flexibility index (Phi) is 6.52. The number of aromatic nitrogens is 2. The van der Waals surface area contributed by atoms with Crippen LogP contribution in [0.1, 0.15) is 24.3 Å². The van der Waals surface area contributed by atoms with E-state index in [9.17, 15) is 22.0 Å². The van der Waals surface area contributed by atoms with E-state index < -0.39 is 33.5 Å². The van der Waals surface area contributed by atoms with Gasteiger partial charge in [0, 0.05) is 18.7 Å². The van der Waals surface area contributed by atoms with Crippen LogP contribution in [0.3, 0.4) is 0 Å². The first kappa shape index (κ1) is 23.0. The van der Waals surface area contributed by atoms with Crippen LogP contribution in [0.5, 0.6) is 0 Å². The first-order valence-corrected chi connectivity index (χ1v) is 11.7. The average molecular weight is 477 g/mol. The number of nitrogens with zero attached hydrogens (tertiary/aromatic N) is 3. The maximum absolute atomic E-state index is 13.4. The molecule has 0 atom stereocenters. The number of hydrogen-bond acceptors (Lipinski definition) is 7. The summed E-state index contributed by atoms with van der Waals surface area (Å²) in [5.41, 5.74) is 1.87. The molecule has 11 heteroatoms. The number of benzene rings is 2. The highest BCUT2D eigenvalue weighted by Gasteiger charge is 2.33. The molecule has 1 aromatic heterocycles. The van der Waals surface area contributed by atoms with Crippen molar-refractivity contribution >= 4 is 16.0 Å². The van der Waals surface area contributed by atoms with Crippen LogP contribution in [0.15, 0.2) is 51.9 Å². The first-order chi connectivity index (χ1) is 15.7. The molecular formula is C22H21F2N3O5S. The number of aryl methyl sites for hydroxylation is 1. The summed E-state index contributed by atoms with van der Waals surface area (Å²) in [6.45, 7) is 1.89. The van der Waals surface area contributed by atoms with Crippen LogP contribution in [-0.2, 0) is 26.2 Å². The van der Waals surface area contributed by atoms with E-state index in [4.69, 9.17) is 9.26 Å². The second-order valence-corrected chi connectivity index (χ2v) is 9.68. The van der Waals surface area contributed by atoms with Gasteiger partial charge in [0.1, 0.15) is 0 Å². The van der Waals surface area contributed by atoms with E-state index in [1.807, 2.05) is 31.2 Å². The molecule has 1 aliphatic heterocycles. The lowest BCUT2D eigenvalue weighted by Gasteiger charge is -2.30. The quantitative estimate of drug-likeness (QED) is 0.501. The molecule has 1 aliphatic rings. The molecule has 33 heavy (non-hydrogen) atoms. The van der Waals surface area contributed by atoms with Gasteiger partial charge in [-0.3, -0.25) is 4.79 Å². The molecule has 0 bridgehead atoms. The molecule has 2 aromatic carbocycles. The molecule has 1 fully saturated rings. The second kappa shape index (κ2) is 9.36. The minimum Gasteiger partial charge on any atom is -0.455 e. The van der Waals surface area contributed by atoms with Crippen molar-refractivity contribution in [2.45, 2.75) is 31.3 Å². The van der Waals surface area contributed by atoms with Crippen LogP contribution in [0, 0.1) is 24.5 Å². The summed E-state index contributed by atoms with van der Waals surface area (Å²) in [5.74, 6) is -2.81. The fraction of sp³-hybridized carbons (Fsp3) is 0.318. The fourth-order valence-corrected chi connectivity index (χ4v) is 4.98. The van der Waals surface area contributed by atoms with Crippen LogP contribution in [0.2, 0.25) is 0 Å². The Hall–Kier alpha value is -3.18. The Labute approximate surface area is 189 Å². The number of esters is 1. The van der Waals surface area contributed by atoms with E-state index >= 15 is 0 Å². The Morgan fingerprint density at radius 3 is 2.48 bits per heavy atom. The highest BCUT2D eigenvalue weighted by Crippen LogP contribution is 2.26. The van der Waals surface area contributed by atoms with Gasteiger partial charge in [-0.1, -0.05) is 35.0 Å². The number of carbonyl (C=O) groups is 1. The Morgan fingerprint density at radius 1 is 1.12 bits per heavy atom. The van der Waals surface area contributed by atoms with Gasteiger partial charge in [0.05, 0.1) is 10.8 Å². The van der Waals surface area contributed by atoms with Crippen LogP contribution < -0.4 is 0 Å². The van der Waals surface area contributed by atoms with Gasteiger partial charge >= 0.3 is 5.97 Å². The molecule has 0 aliphatic carbocycles. The smallest absolute Gasteiger partial charge is 0.309 e. The highest BCUT2D eigenvalue weighted by molar-refractivity contribution is 7.89. The standard InChI is InChI=1S/C22H21F2N3O5S/c1-14-2-4-15(5-3-14)21-25-20(32-26-21)13-31-22(28)16-8-10-27(11-9-16)33(29,30)17-6-7-18(23)19(24)12-17/h2-7,12,16H,8-11,13H2,1H3. The molecule has 1 saturated heterocycles. The maximum atomic E-state index is 13.4. The predicted molar refractivity (Wildman–Crippen MR) is 112 cm³/mol. The molecule has 0 spiro atoms. The molecule has 4 rings (SSSR count). The van der Waals surface area contributed by atoms with Crippen LogP contribution in [0.25, 0.3) is 11.4 Å². The van der Waals surface area contributed by atoms with Gasteiger partial charge in [0.25, 0.3) is 5.89 Å². The minimum atomic E-state index is -3.99. The van der Waals surface area contributed by atoms with Crippen LogP contribution in [-0.4, -0.2) is 41.9 Å². The normalized spacial score (nSPS) is 15.5. The lowest BCUT2D eigenvalue weighted by molar-refractivity contribution is -0.152. The number of halogens is 2. The zero-order valence-electron chi connectivity index (χ0n) is 17.7. The van der Waals surface area contributed by atoms with E-state index in [2.05, 4.69) is 10.1 Å². The second-order valence-electron chi connectivity index (χ2n) is 7.74. The number of rotatable bonds is 6. The van der Waals surface area contributed by atoms with Crippen molar-refractivity contribution in [1.29, 1.82) is 0 Å². The Morgan fingerprint density at radius 2 is 1.82 bits per heavy atom. The van der Waals surface area contributed by atoms with Gasteiger partial charge in [0.2, 0.25) is 15.8 Å². The van der Waals surface area contributed by atoms with E-state index in [0.717, 1.165) is 27.6 Å². The molecule has 174 valence electrons. The first-order valence-electron chi connectivity index (χ1n) is 10.3. The lowest BCUT2D eigenvalue weighted by atomic mass is 9.98. The summed E-state index contributed by atoms with van der Waals surface area (Å²) in [6, 6.07) is 10.0. The van der Waals surface area contributed by atoms with Crippen LogP contribution in [0.4, 0.5) is 8.78 Å². The summed E-state index contributed by atoms with van der Waals surface area (Å²) >= 11 is 0. The third-order valence-electron chi connectivity index (χ3n) is 5.43. The number of hydrogen-bond donors (Lipinski definition) is 0. The number of carbonyl (C=O) groups excluding carboxylic acids is 1. The van der Waals surface area contributed by atoms with Crippen molar-refractivity contribution < 1.29 is 31.3 Å². The van der Waals surface area contributed by atoms with Crippen molar-refractivity contribution in [2.24, 2.45) is 5.92 Å². The average Bonchev–Trinajstić information content (AvgIpc) is 3.29. The van der Waals surface area contributed by atoms with Crippen molar-refractivity contribution in [3.63, 3.8) is 0 Å². The van der Waals surface area contributed by atoms with Gasteiger partial charge < -0.3 is 9.26 Å². The third-order valence-corrected chi connectivity index (χ3v) is 7.33. The van der Waals surface area contributed by atoms with Crippen molar-refractivity contribution in [3.8, 4) is 11.4 Å². The van der Waals surface area contributed by atoms with E-state index in [1.54, 1.807) is 0 Å². The van der Waals surface area contributed by atoms with E-state index in [1.165, 1.54) is 0 Å². The van der Waals surface area contributed by atoms with Gasteiger partial charge in [0.15, 0.2) is 18.2 Å². The summed E-state index contributed by atoms with van der Waals surface area (Å²) in [6.07, 6.45) is 0.473. The molecule has 8 nitrogen and oxygen atoms in total. The number of piperidine rings is 1. The van der Waals surface area contributed by atoms with Gasteiger partial charge in [-0.25, -0.2) is 17.2 Å². The number of ether oxygens (including phenoxy) is 1. The van der Waals surface area contributed by atoms with E-state index in [0.29, 0.717) is 11.9 Å². The topological polar surface area (TPSA) is 103 Å². The molecule has 2 heterocycles. The Bertz CT molecular complexity index is 1250. The van der Waals surface area contributed by atoms with Crippen molar-refractivity contribution in [3.05, 3.63) is 65.6 Å². The molecule has 0 saturated carbocycles.